The molecule has 3 nitrogen and oxygen atoms in total. The summed E-state index contributed by atoms with van der Waals surface area (Å²) in [5.41, 5.74) is 7.04. The minimum absolute atomic E-state index is 0.122. The Morgan fingerprint density at radius 3 is 2.88 bits per heavy atom. The summed E-state index contributed by atoms with van der Waals surface area (Å²) in [6, 6.07) is 6.31. The number of rotatable bonds is 2. The molecule has 2 aromatic rings. The van der Waals surface area contributed by atoms with E-state index in [0.29, 0.717) is 11.4 Å². The van der Waals surface area contributed by atoms with Gasteiger partial charge in [-0.25, -0.2) is 9.37 Å². The van der Waals surface area contributed by atoms with Crippen molar-refractivity contribution < 1.29 is 9.13 Å². The summed E-state index contributed by atoms with van der Waals surface area (Å²) in [6.45, 7) is 1.79. The Labute approximate surface area is 103 Å². The highest BCUT2D eigenvalue weighted by atomic mass is 35.5. The average Bonchev–Trinajstić information content (AvgIpc) is 2.28. The fraction of sp³-hybridized carbons (Fsp3) is 0.0833. The zero-order chi connectivity index (χ0) is 12.4. The highest BCUT2D eigenvalue weighted by molar-refractivity contribution is 6.30. The molecular weight excluding hydrogens is 243 g/mol. The highest BCUT2D eigenvalue weighted by Gasteiger charge is 2.09. The number of benzene rings is 1. The predicted molar refractivity (Wildman–Crippen MR) is 64.9 cm³/mol. The smallest absolute Gasteiger partial charge is 0.255 e. The van der Waals surface area contributed by atoms with E-state index in [2.05, 4.69) is 4.98 Å². The van der Waals surface area contributed by atoms with E-state index in [1.807, 2.05) is 0 Å². The molecule has 0 saturated heterocycles. The number of nitrogens with zero attached hydrogens (tertiary/aromatic N) is 1. The molecule has 0 bridgehead atoms. The van der Waals surface area contributed by atoms with E-state index in [0.717, 1.165) is 11.6 Å². The van der Waals surface area contributed by atoms with Gasteiger partial charge in [-0.1, -0.05) is 17.7 Å². The van der Waals surface area contributed by atoms with Crippen molar-refractivity contribution in [3.8, 4) is 11.6 Å². The van der Waals surface area contributed by atoms with Crippen molar-refractivity contribution in [2.24, 2.45) is 0 Å². The monoisotopic (exact) mass is 252 g/mol. The van der Waals surface area contributed by atoms with Crippen molar-refractivity contribution in [2.75, 3.05) is 5.73 Å². The van der Waals surface area contributed by atoms with Crippen molar-refractivity contribution in [1.29, 1.82) is 0 Å². The highest BCUT2D eigenvalue weighted by Crippen LogP contribution is 2.29. The second-order valence-corrected chi connectivity index (χ2v) is 3.95. The Bertz CT molecular complexity index is 560. The van der Waals surface area contributed by atoms with Crippen LogP contribution >= 0.6 is 11.6 Å². The molecule has 2 N–H and O–H groups in total. The van der Waals surface area contributed by atoms with Gasteiger partial charge < -0.3 is 10.5 Å². The van der Waals surface area contributed by atoms with Gasteiger partial charge in [0.05, 0.1) is 5.02 Å². The van der Waals surface area contributed by atoms with Gasteiger partial charge in [-0.15, -0.1) is 0 Å². The van der Waals surface area contributed by atoms with E-state index in [9.17, 15) is 4.39 Å². The molecule has 0 atom stereocenters. The molecule has 0 aliphatic heterocycles. The van der Waals surface area contributed by atoms with Gasteiger partial charge in [-0.05, 0) is 25.1 Å². The summed E-state index contributed by atoms with van der Waals surface area (Å²) < 4.78 is 18.8. The third-order valence-electron chi connectivity index (χ3n) is 2.31. The molecule has 17 heavy (non-hydrogen) atoms. The number of nitrogen functional groups attached to an aromatic ring is 1. The zero-order valence-corrected chi connectivity index (χ0v) is 9.83. The average molecular weight is 253 g/mol. The summed E-state index contributed by atoms with van der Waals surface area (Å²) in [5, 5.41) is 0.221. The number of hydrogen-bond acceptors (Lipinski definition) is 3. The van der Waals surface area contributed by atoms with Gasteiger partial charge >= 0.3 is 0 Å². The maximum atomic E-state index is 13.5. The minimum atomic E-state index is -0.612. The van der Waals surface area contributed by atoms with Crippen LogP contribution in [0, 0.1) is 12.7 Å². The number of hydrogen-bond donors (Lipinski definition) is 1. The molecule has 0 radical (unpaired) electrons. The molecule has 5 heteroatoms. The lowest BCUT2D eigenvalue weighted by atomic mass is 10.2. The molecule has 0 aliphatic carbocycles. The lowest BCUT2D eigenvalue weighted by molar-refractivity contribution is 0.420. The molecule has 0 spiro atoms. The Morgan fingerprint density at radius 1 is 1.41 bits per heavy atom. The molecule has 1 heterocycles. The Morgan fingerprint density at radius 2 is 2.18 bits per heavy atom. The van der Waals surface area contributed by atoms with Crippen LogP contribution in [0.2, 0.25) is 5.02 Å². The van der Waals surface area contributed by atoms with E-state index < -0.39 is 5.82 Å². The number of nitrogens with two attached hydrogens (primary N) is 1. The standard InChI is InChI=1S/C12H10ClFN2O/c1-7-10(15)3-2-4-11(7)17-12-9(14)5-8(13)6-16-12/h2-6H,15H2,1H3. The summed E-state index contributed by atoms with van der Waals surface area (Å²) in [6.07, 6.45) is 1.32. The molecule has 0 amide bonds. The van der Waals surface area contributed by atoms with Crippen molar-refractivity contribution in [1.82, 2.24) is 4.98 Å². The van der Waals surface area contributed by atoms with Crippen LogP contribution in [-0.2, 0) is 0 Å². The quantitative estimate of drug-likeness (QED) is 0.832. The number of halogens is 2. The number of aromatic nitrogens is 1. The Balaban J connectivity index is 2.35. The molecule has 1 aromatic carbocycles. The van der Waals surface area contributed by atoms with Gasteiger partial charge in [-0.3, -0.25) is 0 Å². The summed E-state index contributed by atoms with van der Waals surface area (Å²) >= 11 is 5.60. The van der Waals surface area contributed by atoms with Crippen LogP contribution < -0.4 is 10.5 Å². The molecule has 0 unspecified atom stereocenters. The van der Waals surface area contributed by atoms with Gasteiger partial charge in [0.25, 0.3) is 5.88 Å². The van der Waals surface area contributed by atoms with E-state index in [1.165, 1.54) is 6.20 Å². The van der Waals surface area contributed by atoms with Gasteiger partial charge in [-0.2, -0.15) is 0 Å². The van der Waals surface area contributed by atoms with Crippen molar-refractivity contribution in [3.05, 3.63) is 46.9 Å². The van der Waals surface area contributed by atoms with Crippen LogP contribution in [0.4, 0.5) is 10.1 Å². The van der Waals surface area contributed by atoms with Crippen LogP contribution in [0.5, 0.6) is 11.6 Å². The first-order valence-corrected chi connectivity index (χ1v) is 5.29. The second kappa shape index (κ2) is 4.59. The Kier molecular flexibility index (Phi) is 3.15. The van der Waals surface area contributed by atoms with E-state index in [4.69, 9.17) is 22.1 Å². The second-order valence-electron chi connectivity index (χ2n) is 3.51. The zero-order valence-electron chi connectivity index (χ0n) is 9.08. The van der Waals surface area contributed by atoms with Crippen LogP contribution in [0.15, 0.2) is 30.5 Å². The summed E-state index contributed by atoms with van der Waals surface area (Å²) in [5.74, 6) is -0.263. The van der Waals surface area contributed by atoms with Crippen LogP contribution in [-0.4, -0.2) is 4.98 Å². The first kappa shape index (κ1) is 11.7. The van der Waals surface area contributed by atoms with Crippen molar-refractivity contribution >= 4 is 17.3 Å². The van der Waals surface area contributed by atoms with Gasteiger partial charge in [0.2, 0.25) is 0 Å². The predicted octanol–water partition coefficient (Wildman–Crippen LogP) is 3.56. The normalized spacial score (nSPS) is 10.3. The van der Waals surface area contributed by atoms with Gasteiger partial charge in [0, 0.05) is 17.4 Å². The van der Waals surface area contributed by atoms with Gasteiger partial charge in [0.15, 0.2) is 5.82 Å². The lowest BCUT2D eigenvalue weighted by Crippen LogP contribution is -1.96. The fourth-order valence-corrected chi connectivity index (χ4v) is 1.47. The SMILES string of the molecule is Cc1c(N)cccc1Oc1ncc(Cl)cc1F. The van der Waals surface area contributed by atoms with E-state index in [-0.39, 0.29) is 10.9 Å². The molecule has 0 saturated carbocycles. The van der Waals surface area contributed by atoms with Crippen molar-refractivity contribution in [3.63, 3.8) is 0 Å². The first-order chi connectivity index (χ1) is 8.08. The molecule has 88 valence electrons. The summed E-state index contributed by atoms with van der Waals surface area (Å²) in [7, 11) is 0. The summed E-state index contributed by atoms with van der Waals surface area (Å²) in [4.78, 5) is 3.77. The lowest BCUT2D eigenvalue weighted by Gasteiger charge is -2.09. The van der Waals surface area contributed by atoms with E-state index >= 15 is 0 Å². The molecule has 2 rings (SSSR count). The van der Waals surface area contributed by atoms with Crippen molar-refractivity contribution in [2.45, 2.75) is 6.92 Å². The topological polar surface area (TPSA) is 48.1 Å². The Hall–Kier alpha value is -1.81. The van der Waals surface area contributed by atoms with E-state index in [1.54, 1.807) is 25.1 Å². The third kappa shape index (κ3) is 2.47. The molecule has 0 aliphatic rings. The third-order valence-corrected chi connectivity index (χ3v) is 2.51. The fourth-order valence-electron chi connectivity index (χ4n) is 1.32. The van der Waals surface area contributed by atoms with Crippen LogP contribution in [0.1, 0.15) is 5.56 Å². The first-order valence-electron chi connectivity index (χ1n) is 4.92. The van der Waals surface area contributed by atoms with Crippen LogP contribution in [0.25, 0.3) is 0 Å². The molecule has 0 fully saturated rings. The molecule has 1 aromatic heterocycles. The number of pyridine rings is 1. The number of ether oxygens (including phenoxy) is 1. The maximum absolute atomic E-state index is 13.5. The minimum Gasteiger partial charge on any atom is -0.436 e. The van der Waals surface area contributed by atoms with Gasteiger partial charge in [0.1, 0.15) is 5.75 Å². The largest absolute Gasteiger partial charge is 0.436 e. The molecular formula is C12H10ClFN2O. The maximum Gasteiger partial charge on any atom is 0.255 e. The van der Waals surface area contributed by atoms with Crippen LogP contribution in [0.3, 0.4) is 0 Å². The number of anilines is 1.